The van der Waals surface area contributed by atoms with Crippen LogP contribution in [-0.2, 0) is 16.1 Å². The number of hydrogen-bond donors (Lipinski definition) is 3. The molecular formula is C31H31F6N5O5. The first kappa shape index (κ1) is 38.0. The Morgan fingerprint density at radius 2 is 1.53 bits per heavy atom. The molecule has 1 amide bonds. The van der Waals surface area contributed by atoms with Crippen molar-refractivity contribution in [1.29, 1.82) is 5.26 Å². The van der Waals surface area contributed by atoms with Crippen LogP contribution in [0.5, 0.6) is 0 Å². The third kappa shape index (κ3) is 13.0. The van der Waals surface area contributed by atoms with Gasteiger partial charge in [-0.15, -0.1) is 0 Å². The van der Waals surface area contributed by atoms with Gasteiger partial charge in [0.1, 0.15) is 5.82 Å². The molecule has 0 spiro atoms. The highest BCUT2D eigenvalue weighted by Crippen LogP contribution is 2.24. The van der Waals surface area contributed by atoms with Crippen molar-refractivity contribution in [2.24, 2.45) is 0 Å². The molecule has 1 saturated heterocycles. The molecule has 16 heteroatoms. The van der Waals surface area contributed by atoms with E-state index < -0.39 is 24.3 Å². The first-order valence-corrected chi connectivity index (χ1v) is 13.8. The van der Waals surface area contributed by atoms with E-state index >= 15 is 0 Å². The van der Waals surface area contributed by atoms with E-state index in [1.54, 1.807) is 6.20 Å². The molecule has 3 aromatic rings. The molecule has 4 rings (SSSR count). The molecule has 252 valence electrons. The maximum absolute atomic E-state index is 12.6. The largest absolute Gasteiger partial charge is 0.490 e. The predicted molar refractivity (Wildman–Crippen MR) is 159 cm³/mol. The molecule has 10 nitrogen and oxygen atoms in total. The van der Waals surface area contributed by atoms with Crippen LogP contribution in [-0.4, -0.2) is 76.5 Å². The van der Waals surface area contributed by atoms with Gasteiger partial charge in [-0.3, -0.25) is 9.69 Å². The monoisotopic (exact) mass is 667 g/mol. The minimum atomic E-state index is -5.08. The number of aryl methyl sites for hydroxylation is 1. The summed E-state index contributed by atoms with van der Waals surface area (Å²) in [6.45, 7) is 4.63. The van der Waals surface area contributed by atoms with Crippen LogP contribution in [0.1, 0.15) is 39.9 Å². The van der Waals surface area contributed by atoms with Crippen LogP contribution in [0.2, 0.25) is 0 Å². The summed E-state index contributed by atoms with van der Waals surface area (Å²) in [5.74, 6) is -4.74. The molecule has 0 aliphatic carbocycles. The number of hydrogen-bond acceptors (Lipinski definition) is 7. The van der Waals surface area contributed by atoms with Crippen molar-refractivity contribution in [2.45, 2.75) is 44.7 Å². The molecule has 0 bridgehead atoms. The second-order valence-corrected chi connectivity index (χ2v) is 10.3. The number of nitrogens with zero attached hydrogens (tertiary/aromatic N) is 4. The number of piperidine rings is 1. The van der Waals surface area contributed by atoms with Crippen LogP contribution < -0.4 is 10.2 Å². The Balaban J connectivity index is 0.000000459. The number of carboxylic acids is 2. The van der Waals surface area contributed by atoms with Crippen molar-refractivity contribution in [3.8, 4) is 6.07 Å². The fraction of sp³-hybridized carbons (Fsp3) is 0.323. The van der Waals surface area contributed by atoms with Gasteiger partial charge in [-0.25, -0.2) is 14.6 Å². The molecule has 0 radical (unpaired) electrons. The lowest BCUT2D eigenvalue weighted by Crippen LogP contribution is -2.43. The quantitative estimate of drug-likeness (QED) is 0.274. The molecule has 1 aromatic heterocycles. The smallest absolute Gasteiger partial charge is 0.475 e. The zero-order chi connectivity index (χ0) is 35.4. The average Bonchev–Trinajstić information content (AvgIpc) is 3.01. The van der Waals surface area contributed by atoms with E-state index in [2.05, 4.69) is 39.3 Å². The molecule has 1 fully saturated rings. The minimum absolute atomic E-state index is 0.114. The van der Waals surface area contributed by atoms with E-state index in [0.717, 1.165) is 55.1 Å². The number of aliphatic carboxylic acids is 2. The fourth-order valence-electron chi connectivity index (χ4n) is 4.35. The SMILES string of the molecule is Cc1cccc(C(=O)Nc2ccnc(N3CCC(N(C)Cc4cccc(C#N)c4)CC3)c2)c1.O=C(O)C(F)(F)F.O=C(O)C(F)(F)F. The van der Waals surface area contributed by atoms with Gasteiger partial charge in [-0.1, -0.05) is 29.8 Å². The van der Waals surface area contributed by atoms with E-state index in [0.29, 0.717) is 17.2 Å². The minimum Gasteiger partial charge on any atom is -0.475 e. The Morgan fingerprint density at radius 3 is 2.06 bits per heavy atom. The van der Waals surface area contributed by atoms with Crippen LogP contribution in [0.3, 0.4) is 0 Å². The van der Waals surface area contributed by atoms with Crippen molar-refractivity contribution in [3.63, 3.8) is 0 Å². The zero-order valence-electron chi connectivity index (χ0n) is 25.1. The number of nitrogens with one attached hydrogen (secondary N) is 1. The first-order valence-electron chi connectivity index (χ1n) is 13.8. The van der Waals surface area contributed by atoms with Gasteiger partial charge in [-0.2, -0.15) is 31.6 Å². The molecule has 1 aliphatic heterocycles. The lowest BCUT2D eigenvalue weighted by Gasteiger charge is -2.37. The number of benzene rings is 2. The summed E-state index contributed by atoms with van der Waals surface area (Å²) in [5, 5.41) is 26.4. The average molecular weight is 668 g/mol. The molecule has 0 atom stereocenters. The zero-order valence-corrected chi connectivity index (χ0v) is 25.1. The predicted octanol–water partition coefficient (Wildman–Crippen LogP) is 5.88. The third-order valence-electron chi connectivity index (χ3n) is 6.67. The lowest BCUT2D eigenvalue weighted by molar-refractivity contribution is -0.193. The lowest BCUT2D eigenvalue weighted by atomic mass is 10.0. The van der Waals surface area contributed by atoms with Gasteiger partial charge in [0.25, 0.3) is 5.91 Å². The van der Waals surface area contributed by atoms with E-state index in [1.165, 1.54) is 0 Å². The van der Waals surface area contributed by atoms with E-state index in [1.807, 2.05) is 61.5 Å². The number of carbonyl (C=O) groups is 3. The van der Waals surface area contributed by atoms with Crippen LogP contribution in [0.15, 0.2) is 66.9 Å². The fourth-order valence-corrected chi connectivity index (χ4v) is 4.35. The molecular weight excluding hydrogens is 636 g/mol. The number of carboxylic acid groups (broad SMARTS) is 2. The Hall–Kier alpha value is -5.17. The van der Waals surface area contributed by atoms with E-state index in [9.17, 15) is 31.1 Å². The van der Waals surface area contributed by atoms with Crippen molar-refractivity contribution < 1.29 is 50.9 Å². The number of alkyl halides is 6. The second kappa shape index (κ2) is 16.9. The molecule has 1 aliphatic rings. The summed E-state index contributed by atoms with van der Waals surface area (Å²) >= 11 is 0. The number of amides is 1. The number of aromatic nitrogens is 1. The molecule has 0 unspecified atom stereocenters. The van der Waals surface area contributed by atoms with Gasteiger partial charge < -0.3 is 20.4 Å². The number of carbonyl (C=O) groups excluding carboxylic acids is 1. The summed E-state index contributed by atoms with van der Waals surface area (Å²) in [7, 11) is 2.15. The van der Waals surface area contributed by atoms with Crippen LogP contribution in [0.25, 0.3) is 0 Å². The summed E-state index contributed by atoms with van der Waals surface area (Å²) < 4.78 is 63.5. The number of halogens is 6. The van der Waals surface area contributed by atoms with Crippen molar-refractivity contribution in [3.05, 3.63) is 89.1 Å². The number of rotatable bonds is 6. The van der Waals surface area contributed by atoms with Gasteiger partial charge in [0.2, 0.25) is 0 Å². The second-order valence-electron chi connectivity index (χ2n) is 10.3. The topological polar surface area (TPSA) is 147 Å². The highest BCUT2D eigenvalue weighted by atomic mass is 19.4. The van der Waals surface area contributed by atoms with Gasteiger partial charge >= 0.3 is 24.3 Å². The Bertz CT molecular complexity index is 1540. The van der Waals surface area contributed by atoms with Crippen LogP contribution in [0.4, 0.5) is 37.8 Å². The van der Waals surface area contributed by atoms with Gasteiger partial charge in [0, 0.05) is 49.2 Å². The van der Waals surface area contributed by atoms with Gasteiger partial charge in [0.05, 0.1) is 11.6 Å². The van der Waals surface area contributed by atoms with Crippen LogP contribution >= 0.6 is 0 Å². The Morgan fingerprint density at radius 1 is 0.957 bits per heavy atom. The van der Waals surface area contributed by atoms with E-state index in [4.69, 9.17) is 25.1 Å². The molecule has 3 N–H and O–H groups in total. The normalized spacial score (nSPS) is 13.3. The Kier molecular flexibility index (Phi) is 13.7. The highest BCUT2D eigenvalue weighted by Gasteiger charge is 2.38. The van der Waals surface area contributed by atoms with Gasteiger partial charge in [0.15, 0.2) is 0 Å². The standard InChI is InChI=1S/C27H29N5O.2C2HF3O2/c1-20-5-3-8-23(15-20)27(33)30-24-9-12-29-26(17-24)32-13-10-25(11-14-32)31(2)19-22-7-4-6-21(16-22)18-28;2*3-2(4,5)1(6)7/h3-9,12,15-17,25H,10-11,13-14,19H2,1-2H3,(H,29,30,33);2*(H,6,7). The molecule has 47 heavy (non-hydrogen) atoms. The maximum atomic E-state index is 12.6. The summed E-state index contributed by atoms with van der Waals surface area (Å²) in [6.07, 6.45) is -6.34. The maximum Gasteiger partial charge on any atom is 0.490 e. The van der Waals surface area contributed by atoms with Crippen molar-refractivity contribution in [2.75, 3.05) is 30.4 Å². The van der Waals surface area contributed by atoms with Crippen LogP contribution in [0, 0.1) is 18.3 Å². The highest BCUT2D eigenvalue weighted by molar-refractivity contribution is 6.04. The third-order valence-corrected chi connectivity index (χ3v) is 6.67. The number of nitriles is 1. The van der Waals surface area contributed by atoms with Crippen molar-refractivity contribution >= 4 is 29.4 Å². The van der Waals surface area contributed by atoms with Gasteiger partial charge in [-0.05, 0) is 62.7 Å². The summed E-state index contributed by atoms with van der Waals surface area (Å²) in [6, 6.07) is 21.9. The number of anilines is 2. The summed E-state index contributed by atoms with van der Waals surface area (Å²) in [4.78, 5) is 39.6. The Labute approximate surface area is 265 Å². The first-order chi connectivity index (χ1) is 21.9. The molecule has 2 aromatic carbocycles. The van der Waals surface area contributed by atoms with Crippen molar-refractivity contribution in [1.82, 2.24) is 9.88 Å². The summed E-state index contributed by atoms with van der Waals surface area (Å²) in [5.41, 5.74) is 4.33. The van der Waals surface area contributed by atoms with E-state index in [-0.39, 0.29) is 5.91 Å². The number of pyridine rings is 1. The molecule has 0 saturated carbocycles. The molecule has 2 heterocycles.